The molecule has 1 aliphatic heterocycles. The van der Waals surface area contributed by atoms with Crippen molar-refractivity contribution in [2.24, 2.45) is 0 Å². The van der Waals surface area contributed by atoms with Gasteiger partial charge in [-0.1, -0.05) is 29.8 Å². The Hall–Kier alpha value is -2.54. The summed E-state index contributed by atoms with van der Waals surface area (Å²) in [6.07, 6.45) is 2.29. The maximum Gasteiger partial charge on any atom is 0.220 e. The summed E-state index contributed by atoms with van der Waals surface area (Å²) in [6, 6.07) is 13.6. The third-order valence-electron chi connectivity index (χ3n) is 5.81. The number of hydrogen-bond acceptors (Lipinski definition) is 4. The molecular formula is C24H28ClN3O3. The first-order valence-corrected chi connectivity index (χ1v) is 11.0. The molecule has 7 heteroatoms. The summed E-state index contributed by atoms with van der Waals surface area (Å²) in [5.74, 6) is 0.622. The number of H-pyrrole nitrogens is 1. The Morgan fingerprint density at radius 1 is 1.23 bits per heavy atom. The Bertz CT molecular complexity index is 1030. The van der Waals surface area contributed by atoms with Crippen molar-refractivity contribution in [2.75, 3.05) is 46.5 Å². The number of rotatable bonds is 8. The van der Waals surface area contributed by atoms with E-state index in [0.29, 0.717) is 18.0 Å². The van der Waals surface area contributed by atoms with E-state index >= 15 is 0 Å². The maximum absolute atomic E-state index is 12.9. The molecule has 1 unspecified atom stereocenters. The van der Waals surface area contributed by atoms with Crippen LogP contribution in [0.25, 0.3) is 10.9 Å². The van der Waals surface area contributed by atoms with E-state index in [2.05, 4.69) is 15.2 Å². The van der Waals surface area contributed by atoms with Gasteiger partial charge in [-0.25, -0.2) is 0 Å². The lowest BCUT2D eigenvalue weighted by molar-refractivity contribution is -0.121. The molecule has 6 nitrogen and oxygen atoms in total. The number of nitrogens with zero attached hydrogens (tertiary/aromatic N) is 1. The third kappa shape index (κ3) is 5.21. The normalized spacial score (nSPS) is 15.7. The largest absolute Gasteiger partial charge is 0.496 e. The number of amides is 1. The van der Waals surface area contributed by atoms with Crippen molar-refractivity contribution in [2.45, 2.75) is 12.3 Å². The molecule has 4 rings (SSSR count). The molecule has 2 aromatic carbocycles. The number of carbonyl (C=O) groups excluding carboxylic acids is 1. The quantitative estimate of drug-likeness (QED) is 0.558. The van der Waals surface area contributed by atoms with Crippen LogP contribution in [0.3, 0.4) is 0 Å². The molecule has 164 valence electrons. The fourth-order valence-electron chi connectivity index (χ4n) is 4.18. The van der Waals surface area contributed by atoms with Crippen LogP contribution in [0.2, 0.25) is 5.02 Å². The minimum atomic E-state index is -0.160. The lowest BCUT2D eigenvalue weighted by Crippen LogP contribution is -2.41. The Kier molecular flexibility index (Phi) is 7.12. The Balaban J connectivity index is 1.55. The molecule has 0 spiro atoms. The third-order valence-corrected chi connectivity index (χ3v) is 6.04. The number of morpholine rings is 1. The average Bonchev–Trinajstić information content (AvgIpc) is 3.21. The minimum absolute atomic E-state index is 0.0144. The summed E-state index contributed by atoms with van der Waals surface area (Å²) in [6.45, 7) is 4.79. The van der Waals surface area contributed by atoms with Crippen molar-refractivity contribution in [3.05, 3.63) is 64.8 Å². The van der Waals surface area contributed by atoms with Crippen LogP contribution >= 0.6 is 11.6 Å². The van der Waals surface area contributed by atoms with Crippen LogP contribution in [-0.2, 0) is 9.53 Å². The van der Waals surface area contributed by atoms with Gasteiger partial charge in [-0.05, 0) is 29.8 Å². The van der Waals surface area contributed by atoms with Crippen LogP contribution in [0.15, 0.2) is 48.7 Å². The number of hydrogen-bond donors (Lipinski definition) is 2. The van der Waals surface area contributed by atoms with Gasteiger partial charge < -0.3 is 19.8 Å². The summed E-state index contributed by atoms with van der Waals surface area (Å²) < 4.78 is 11.0. The van der Waals surface area contributed by atoms with E-state index in [1.54, 1.807) is 7.11 Å². The Morgan fingerprint density at radius 2 is 2.03 bits per heavy atom. The number of aromatic nitrogens is 1. The van der Waals surface area contributed by atoms with E-state index in [-0.39, 0.29) is 11.8 Å². The zero-order valence-electron chi connectivity index (χ0n) is 17.7. The van der Waals surface area contributed by atoms with E-state index in [1.165, 1.54) is 0 Å². The van der Waals surface area contributed by atoms with Crippen LogP contribution < -0.4 is 10.1 Å². The van der Waals surface area contributed by atoms with Gasteiger partial charge in [0, 0.05) is 66.2 Å². The first-order chi connectivity index (χ1) is 15.2. The number of aromatic amines is 1. The summed E-state index contributed by atoms with van der Waals surface area (Å²) in [7, 11) is 1.66. The van der Waals surface area contributed by atoms with E-state index < -0.39 is 0 Å². The molecule has 3 aromatic rings. The van der Waals surface area contributed by atoms with Gasteiger partial charge in [0.05, 0.1) is 20.3 Å². The minimum Gasteiger partial charge on any atom is -0.496 e. The van der Waals surface area contributed by atoms with Gasteiger partial charge in [0.2, 0.25) is 5.91 Å². The van der Waals surface area contributed by atoms with Gasteiger partial charge in [-0.3, -0.25) is 9.69 Å². The lowest BCUT2D eigenvalue weighted by atomic mass is 9.87. The summed E-state index contributed by atoms with van der Waals surface area (Å²) in [5, 5.41) is 4.78. The van der Waals surface area contributed by atoms with Crippen molar-refractivity contribution in [1.82, 2.24) is 15.2 Å². The van der Waals surface area contributed by atoms with Gasteiger partial charge in [0.15, 0.2) is 0 Å². The molecule has 2 N–H and O–H groups in total. The number of para-hydroxylation sites is 1. The van der Waals surface area contributed by atoms with Gasteiger partial charge in [-0.2, -0.15) is 0 Å². The Morgan fingerprint density at radius 3 is 2.84 bits per heavy atom. The number of fused-ring (bicyclic) bond motifs is 1. The topological polar surface area (TPSA) is 66.6 Å². The molecule has 1 amide bonds. The zero-order chi connectivity index (χ0) is 21.6. The molecule has 0 saturated carbocycles. The summed E-state index contributed by atoms with van der Waals surface area (Å²) in [5.41, 5.74) is 3.01. The van der Waals surface area contributed by atoms with Crippen LogP contribution in [0.1, 0.15) is 23.5 Å². The summed E-state index contributed by atoms with van der Waals surface area (Å²) in [4.78, 5) is 18.6. The fraction of sp³-hybridized carbons (Fsp3) is 0.375. The molecule has 0 radical (unpaired) electrons. The van der Waals surface area contributed by atoms with Crippen LogP contribution in [0, 0.1) is 0 Å². The second kappa shape index (κ2) is 10.2. The standard InChI is InChI=1S/C24H28ClN3O3/c1-30-23-5-3-2-4-18(23)19(21-16-27-22-7-6-17(25)14-20(21)22)15-24(29)26-8-9-28-10-12-31-13-11-28/h2-7,14,16,19,27H,8-13,15H2,1H3,(H,26,29). The monoisotopic (exact) mass is 441 g/mol. The van der Waals surface area contributed by atoms with E-state index in [1.807, 2.05) is 48.7 Å². The molecule has 1 saturated heterocycles. The molecule has 1 aromatic heterocycles. The highest BCUT2D eigenvalue weighted by Gasteiger charge is 2.24. The van der Waals surface area contributed by atoms with E-state index in [9.17, 15) is 4.79 Å². The van der Waals surface area contributed by atoms with Crippen molar-refractivity contribution < 1.29 is 14.3 Å². The summed E-state index contributed by atoms with van der Waals surface area (Å²) >= 11 is 6.27. The van der Waals surface area contributed by atoms with Crippen LogP contribution in [-0.4, -0.2) is 62.3 Å². The van der Waals surface area contributed by atoms with Gasteiger partial charge in [-0.15, -0.1) is 0 Å². The van der Waals surface area contributed by atoms with Crippen molar-refractivity contribution in [3.63, 3.8) is 0 Å². The van der Waals surface area contributed by atoms with Crippen molar-refractivity contribution in [1.29, 1.82) is 0 Å². The number of benzene rings is 2. The van der Waals surface area contributed by atoms with Crippen LogP contribution in [0.4, 0.5) is 0 Å². The molecule has 31 heavy (non-hydrogen) atoms. The second-order valence-corrected chi connectivity index (χ2v) is 8.17. The molecular weight excluding hydrogens is 414 g/mol. The van der Waals surface area contributed by atoms with Crippen molar-refractivity contribution >= 4 is 28.4 Å². The first-order valence-electron chi connectivity index (χ1n) is 10.6. The average molecular weight is 442 g/mol. The SMILES string of the molecule is COc1ccccc1C(CC(=O)NCCN1CCOCC1)c1c[nH]c2ccc(Cl)cc12. The van der Waals surface area contributed by atoms with Crippen molar-refractivity contribution in [3.8, 4) is 5.75 Å². The highest BCUT2D eigenvalue weighted by atomic mass is 35.5. The highest BCUT2D eigenvalue weighted by molar-refractivity contribution is 6.31. The molecule has 0 aliphatic carbocycles. The number of nitrogens with one attached hydrogen (secondary N) is 2. The Labute approximate surface area is 187 Å². The first kappa shape index (κ1) is 21.7. The number of methoxy groups -OCH3 is 1. The van der Waals surface area contributed by atoms with Gasteiger partial charge >= 0.3 is 0 Å². The molecule has 2 heterocycles. The lowest BCUT2D eigenvalue weighted by Gasteiger charge is -2.26. The fourth-order valence-corrected chi connectivity index (χ4v) is 4.35. The van der Waals surface area contributed by atoms with Gasteiger partial charge in [0.25, 0.3) is 0 Å². The van der Waals surface area contributed by atoms with E-state index in [4.69, 9.17) is 21.1 Å². The zero-order valence-corrected chi connectivity index (χ0v) is 18.5. The number of ether oxygens (including phenoxy) is 2. The highest BCUT2D eigenvalue weighted by Crippen LogP contribution is 2.38. The predicted octanol–water partition coefficient (Wildman–Crippen LogP) is 3.80. The number of halogens is 1. The van der Waals surface area contributed by atoms with E-state index in [0.717, 1.165) is 60.6 Å². The smallest absolute Gasteiger partial charge is 0.220 e. The molecule has 1 aliphatic rings. The maximum atomic E-state index is 12.9. The van der Waals surface area contributed by atoms with Gasteiger partial charge in [0.1, 0.15) is 5.75 Å². The molecule has 1 fully saturated rings. The number of carbonyl (C=O) groups is 1. The molecule has 1 atom stereocenters. The molecule has 0 bridgehead atoms. The van der Waals surface area contributed by atoms with Crippen LogP contribution in [0.5, 0.6) is 5.75 Å². The predicted molar refractivity (Wildman–Crippen MR) is 123 cm³/mol. The second-order valence-electron chi connectivity index (χ2n) is 7.74.